The zero-order valence-electron chi connectivity index (χ0n) is 19.9. The summed E-state index contributed by atoms with van der Waals surface area (Å²) in [4.78, 5) is 52.1. The Morgan fingerprint density at radius 3 is 2.53 bits per heavy atom. The molecule has 1 amide bonds. The van der Waals surface area contributed by atoms with Gasteiger partial charge in [-0.1, -0.05) is 27.7 Å². The summed E-state index contributed by atoms with van der Waals surface area (Å²) in [5, 5.41) is 2.88. The summed E-state index contributed by atoms with van der Waals surface area (Å²) in [7, 11) is 0. The van der Waals surface area contributed by atoms with Crippen LogP contribution >= 0.6 is 0 Å². The van der Waals surface area contributed by atoms with Crippen LogP contribution in [0.25, 0.3) is 11.0 Å². The highest BCUT2D eigenvalue weighted by atomic mass is 16.5. The van der Waals surface area contributed by atoms with Gasteiger partial charge >= 0.3 is 5.69 Å². The Kier molecular flexibility index (Phi) is 6.78. The Hall–Kier alpha value is -3.53. The van der Waals surface area contributed by atoms with Crippen molar-refractivity contribution in [1.82, 2.24) is 19.5 Å². The van der Waals surface area contributed by atoms with Crippen molar-refractivity contribution in [3.63, 3.8) is 0 Å². The monoisotopic (exact) mass is 466 g/mol. The molecule has 0 radical (unpaired) electrons. The van der Waals surface area contributed by atoms with E-state index in [0.29, 0.717) is 31.3 Å². The molecule has 1 saturated heterocycles. The average Bonchev–Trinajstić information content (AvgIpc) is 2.81. The summed E-state index contributed by atoms with van der Waals surface area (Å²) in [5.74, 6) is 0.0118. The van der Waals surface area contributed by atoms with E-state index in [1.807, 2.05) is 33.8 Å². The van der Waals surface area contributed by atoms with Gasteiger partial charge in [0.15, 0.2) is 5.65 Å². The van der Waals surface area contributed by atoms with Crippen molar-refractivity contribution in [1.29, 1.82) is 0 Å². The topological polar surface area (TPSA) is 122 Å². The Morgan fingerprint density at radius 1 is 1.18 bits per heavy atom. The van der Waals surface area contributed by atoms with Crippen LogP contribution in [0.2, 0.25) is 0 Å². The molecule has 34 heavy (non-hydrogen) atoms. The van der Waals surface area contributed by atoms with Crippen molar-refractivity contribution in [2.75, 3.05) is 36.5 Å². The van der Waals surface area contributed by atoms with Gasteiger partial charge in [0, 0.05) is 25.3 Å². The lowest BCUT2D eigenvalue weighted by atomic mass is 10.0. The second-order valence-corrected chi connectivity index (χ2v) is 9.17. The molecule has 1 aliphatic rings. The molecule has 10 heteroatoms. The lowest BCUT2D eigenvalue weighted by Gasteiger charge is -2.28. The minimum Gasteiger partial charge on any atom is -0.378 e. The summed E-state index contributed by atoms with van der Waals surface area (Å²) in [5.41, 5.74) is 0.776. The third-order valence-corrected chi connectivity index (χ3v) is 5.72. The van der Waals surface area contributed by atoms with E-state index in [-0.39, 0.29) is 28.4 Å². The fourth-order valence-electron chi connectivity index (χ4n) is 3.96. The molecule has 1 fully saturated rings. The number of morpholine rings is 1. The molecule has 0 spiro atoms. The highest BCUT2D eigenvalue weighted by molar-refractivity contribution is 6.11. The summed E-state index contributed by atoms with van der Waals surface area (Å²) >= 11 is 0. The molecule has 2 N–H and O–H groups in total. The van der Waals surface area contributed by atoms with E-state index < -0.39 is 17.2 Å². The Labute approximate surface area is 197 Å². The maximum Gasteiger partial charge on any atom is 0.330 e. The molecule has 0 saturated carbocycles. The van der Waals surface area contributed by atoms with E-state index in [0.717, 1.165) is 18.8 Å². The average molecular weight is 467 g/mol. The molecule has 0 atom stereocenters. The zero-order chi connectivity index (χ0) is 24.4. The molecule has 4 heterocycles. The molecular formula is C24H30N6O4. The number of hydrogen-bond donors (Lipinski definition) is 2. The van der Waals surface area contributed by atoms with Crippen LogP contribution in [0.1, 0.15) is 49.7 Å². The standard InChI is InChI=1S/C24H30N6O4/c1-14(2)13-30-21-20(23(32)28-24(30)33)17(11-18(26-21)15(3)4)22(31)27-19-6-5-16(12-25-19)29-7-9-34-10-8-29/h5-6,11-12,14-15H,7-10,13H2,1-4H3,(H,25,27,31)(H,28,32,33). The minimum atomic E-state index is -0.636. The number of nitrogens with zero attached hydrogens (tertiary/aromatic N) is 4. The fraction of sp³-hybridized carbons (Fsp3) is 0.458. The van der Waals surface area contributed by atoms with Gasteiger partial charge in [0.05, 0.1) is 36.0 Å². The second-order valence-electron chi connectivity index (χ2n) is 9.17. The maximum atomic E-state index is 13.3. The van der Waals surface area contributed by atoms with Gasteiger partial charge < -0.3 is 15.0 Å². The first-order valence-corrected chi connectivity index (χ1v) is 11.5. The molecule has 3 aromatic heterocycles. The Bertz CT molecular complexity index is 1300. The van der Waals surface area contributed by atoms with Crippen LogP contribution < -0.4 is 21.5 Å². The van der Waals surface area contributed by atoms with Crippen molar-refractivity contribution >= 4 is 28.4 Å². The quantitative estimate of drug-likeness (QED) is 0.572. The van der Waals surface area contributed by atoms with Crippen molar-refractivity contribution in [2.45, 2.75) is 40.2 Å². The molecule has 0 aromatic carbocycles. The van der Waals surface area contributed by atoms with Gasteiger partial charge in [-0.05, 0) is 30.0 Å². The number of pyridine rings is 2. The number of ether oxygens (including phenoxy) is 1. The van der Waals surface area contributed by atoms with Gasteiger partial charge in [-0.2, -0.15) is 0 Å². The van der Waals surface area contributed by atoms with Crippen LogP contribution in [0.4, 0.5) is 11.5 Å². The van der Waals surface area contributed by atoms with Crippen molar-refractivity contribution in [3.05, 3.63) is 56.5 Å². The van der Waals surface area contributed by atoms with Crippen molar-refractivity contribution in [3.8, 4) is 0 Å². The van der Waals surface area contributed by atoms with Gasteiger partial charge in [-0.25, -0.2) is 14.8 Å². The Balaban J connectivity index is 1.73. The first-order chi connectivity index (χ1) is 16.2. The molecule has 1 aliphatic heterocycles. The Morgan fingerprint density at radius 2 is 1.91 bits per heavy atom. The van der Waals surface area contributed by atoms with E-state index in [9.17, 15) is 14.4 Å². The number of fused-ring (bicyclic) bond motifs is 1. The lowest BCUT2D eigenvalue weighted by molar-refractivity contribution is 0.102. The number of anilines is 2. The third kappa shape index (κ3) is 4.86. The normalized spacial score (nSPS) is 14.2. The van der Waals surface area contributed by atoms with Gasteiger partial charge in [0.25, 0.3) is 11.5 Å². The molecule has 10 nitrogen and oxygen atoms in total. The van der Waals surface area contributed by atoms with Crippen molar-refractivity contribution < 1.29 is 9.53 Å². The largest absolute Gasteiger partial charge is 0.378 e. The highest BCUT2D eigenvalue weighted by Crippen LogP contribution is 2.22. The van der Waals surface area contributed by atoms with Crippen LogP contribution in [-0.2, 0) is 11.3 Å². The number of nitrogens with one attached hydrogen (secondary N) is 2. The number of aromatic nitrogens is 4. The number of rotatable bonds is 6. The number of hydrogen-bond acceptors (Lipinski definition) is 7. The molecule has 3 aromatic rings. The number of aromatic amines is 1. The highest BCUT2D eigenvalue weighted by Gasteiger charge is 2.21. The number of H-pyrrole nitrogens is 1. The molecular weight excluding hydrogens is 436 g/mol. The van der Waals surface area contributed by atoms with Gasteiger partial charge in [0.1, 0.15) is 5.82 Å². The minimum absolute atomic E-state index is 0.0104. The lowest BCUT2D eigenvalue weighted by Crippen LogP contribution is -2.36. The predicted octanol–water partition coefficient (Wildman–Crippen LogP) is 2.35. The second kappa shape index (κ2) is 9.76. The van der Waals surface area contributed by atoms with Crippen LogP contribution in [0, 0.1) is 5.92 Å². The smallest absolute Gasteiger partial charge is 0.330 e. The maximum absolute atomic E-state index is 13.3. The van der Waals surface area contributed by atoms with Gasteiger partial charge in [-0.15, -0.1) is 0 Å². The predicted molar refractivity (Wildman–Crippen MR) is 131 cm³/mol. The third-order valence-electron chi connectivity index (χ3n) is 5.72. The van der Waals surface area contributed by atoms with Gasteiger partial charge in [-0.3, -0.25) is 19.1 Å². The van der Waals surface area contributed by atoms with E-state index in [2.05, 4.69) is 25.2 Å². The zero-order valence-corrected chi connectivity index (χ0v) is 19.9. The summed E-state index contributed by atoms with van der Waals surface area (Å²) in [6.45, 7) is 11.1. The van der Waals surface area contributed by atoms with E-state index >= 15 is 0 Å². The van der Waals surface area contributed by atoms with Crippen molar-refractivity contribution in [2.24, 2.45) is 5.92 Å². The number of carbonyl (C=O) groups is 1. The first-order valence-electron chi connectivity index (χ1n) is 11.5. The molecule has 0 aliphatic carbocycles. The molecule has 0 bridgehead atoms. The molecule has 180 valence electrons. The first kappa shape index (κ1) is 23.6. The van der Waals surface area contributed by atoms with E-state index in [1.165, 1.54) is 4.57 Å². The van der Waals surface area contributed by atoms with Crippen LogP contribution in [0.3, 0.4) is 0 Å². The summed E-state index contributed by atoms with van der Waals surface area (Å²) in [6, 6.07) is 5.24. The summed E-state index contributed by atoms with van der Waals surface area (Å²) in [6.07, 6.45) is 1.71. The van der Waals surface area contributed by atoms with E-state index in [4.69, 9.17) is 4.74 Å². The van der Waals surface area contributed by atoms with Crippen LogP contribution in [0.5, 0.6) is 0 Å². The fourth-order valence-corrected chi connectivity index (χ4v) is 3.96. The van der Waals surface area contributed by atoms with E-state index in [1.54, 1.807) is 18.3 Å². The van der Waals surface area contributed by atoms with Gasteiger partial charge in [0.2, 0.25) is 0 Å². The number of carbonyl (C=O) groups excluding carboxylic acids is 1. The van der Waals surface area contributed by atoms with Crippen LogP contribution in [-0.4, -0.2) is 51.7 Å². The van der Waals surface area contributed by atoms with Crippen LogP contribution in [0.15, 0.2) is 34.0 Å². The molecule has 0 unspecified atom stereocenters. The number of amides is 1. The SMILES string of the molecule is CC(C)Cn1c(=O)[nH]c(=O)c2c(C(=O)Nc3ccc(N4CCOCC4)cn3)cc(C(C)C)nc21. The summed E-state index contributed by atoms with van der Waals surface area (Å²) < 4.78 is 6.81. The molecule has 4 rings (SSSR count).